The van der Waals surface area contributed by atoms with E-state index in [9.17, 15) is 18.0 Å². The van der Waals surface area contributed by atoms with Crippen LogP contribution in [-0.2, 0) is 6.18 Å². The van der Waals surface area contributed by atoms with Crippen LogP contribution in [0, 0.1) is 0 Å². The molecule has 1 rings (SSSR count). The molecule has 16 heavy (non-hydrogen) atoms. The van der Waals surface area contributed by atoms with Gasteiger partial charge < -0.3 is 9.84 Å². The van der Waals surface area contributed by atoms with Gasteiger partial charge in [-0.25, -0.2) is 9.78 Å². The lowest BCUT2D eigenvalue weighted by atomic mass is 10.2. The maximum Gasteiger partial charge on any atom is 0.434 e. The molecule has 0 amide bonds. The molecule has 0 atom stereocenters. The molecule has 0 spiro atoms. The Morgan fingerprint density at radius 3 is 2.50 bits per heavy atom. The summed E-state index contributed by atoms with van der Waals surface area (Å²) >= 11 is 5.29. The molecule has 1 aromatic rings. The molecular formula is C8H5ClF3NO3. The van der Waals surface area contributed by atoms with Gasteiger partial charge in [-0.1, -0.05) is 11.6 Å². The number of nitrogens with zero attached hydrogens (tertiary/aromatic N) is 1. The van der Waals surface area contributed by atoms with Gasteiger partial charge in [0.1, 0.15) is 5.56 Å². The number of rotatable bonds is 2. The predicted octanol–water partition coefficient (Wildman–Crippen LogP) is 2.46. The number of aromatic carboxylic acids is 1. The first-order chi connectivity index (χ1) is 7.27. The van der Waals surface area contributed by atoms with Crippen LogP contribution in [0.3, 0.4) is 0 Å². The third-order valence-corrected chi connectivity index (χ3v) is 1.92. The van der Waals surface area contributed by atoms with Gasteiger partial charge in [0.15, 0.2) is 5.69 Å². The van der Waals surface area contributed by atoms with E-state index in [0.717, 1.165) is 7.11 Å². The van der Waals surface area contributed by atoms with Crippen molar-refractivity contribution in [1.29, 1.82) is 0 Å². The molecule has 0 unspecified atom stereocenters. The number of hydrogen-bond acceptors (Lipinski definition) is 3. The Morgan fingerprint density at radius 1 is 1.56 bits per heavy atom. The first-order valence-corrected chi connectivity index (χ1v) is 4.20. The molecule has 1 N–H and O–H groups in total. The molecule has 0 aliphatic rings. The summed E-state index contributed by atoms with van der Waals surface area (Å²) in [5.74, 6) is -2.11. The monoisotopic (exact) mass is 255 g/mol. The molecule has 0 aliphatic carbocycles. The van der Waals surface area contributed by atoms with Crippen LogP contribution in [0.2, 0.25) is 5.02 Å². The number of pyridine rings is 1. The molecule has 0 radical (unpaired) electrons. The zero-order chi connectivity index (χ0) is 12.5. The van der Waals surface area contributed by atoms with Gasteiger partial charge in [-0.2, -0.15) is 13.2 Å². The summed E-state index contributed by atoms with van der Waals surface area (Å²) in [6.07, 6.45) is -4.76. The second-order valence-corrected chi connectivity index (χ2v) is 3.09. The Bertz CT molecular complexity index is 433. The Kier molecular flexibility index (Phi) is 3.27. The minimum absolute atomic E-state index is 0.527. The summed E-state index contributed by atoms with van der Waals surface area (Å²) < 4.78 is 41.5. The second-order valence-electron chi connectivity index (χ2n) is 2.68. The van der Waals surface area contributed by atoms with E-state index in [0.29, 0.717) is 6.07 Å². The molecule has 0 saturated heterocycles. The molecule has 8 heteroatoms. The van der Waals surface area contributed by atoms with Crippen molar-refractivity contribution < 1.29 is 27.8 Å². The van der Waals surface area contributed by atoms with Crippen LogP contribution in [0.15, 0.2) is 6.07 Å². The smallest absolute Gasteiger partial charge is 0.434 e. The Labute approximate surface area is 92.6 Å². The number of ether oxygens (including phenoxy) is 1. The molecule has 1 heterocycles. The average Bonchev–Trinajstić information content (AvgIpc) is 2.15. The van der Waals surface area contributed by atoms with E-state index >= 15 is 0 Å². The van der Waals surface area contributed by atoms with E-state index in [2.05, 4.69) is 9.72 Å². The first-order valence-electron chi connectivity index (χ1n) is 3.82. The van der Waals surface area contributed by atoms with E-state index in [1.54, 1.807) is 0 Å². The van der Waals surface area contributed by atoms with Crippen LogP contribution in [0.5, 0.6) is 5.88 Å². The van der Waals surface area contributed by atoms with Gasteiger partial charge in [0.05, 0.1) is 12.1 Å². The van der Waals surface area contributed by atoms with Crippen LogP contribution < -0.4 is 4.74 Å². The van der Waals surface area contributed by atoms with E-state index in [1.807, 2.05) is 0 Å². The topological polar surface area (TPSA) is 59.4 Å². The van der Waals surface area contributed by atoms with Gasteiger partial charge in [-0.05, 0) is 6.07 Å². The molecule has 0 bridgehead atoms. The number of carboxylic acid groups (broad SMARTS) is 1. The average molecular weight is 256 g/mol. The third-order valence-electron chi connectivity index (χ3n) is 1.63. The standard InChI is InChI=1S/C8H5ClF3NO3/c1-16-6-3(7(14)15)2-4(9)5(13-6)8(10,11)12/h2H,1H3,(H,14,15). The normalized spacial score (nSPS) is 11.3. The van der Waals surface area contributed by atoms with Crippen molar-refractivity contribution in [1.82, 2.24) is 4.98 Å². The van der Waals surface area contributed by atoms with Gasteiger partial charge in [-0.3, -0.25) is 0 Å². The second kappa shape index (κ2) is 4.17. The number of alkyl halides is 3. The van der Waals surface area contributed by atoms with Crippen molar-refractivity contribution in [3.05, 3.63) is 22.3 Å². The number of halogens is 4. The molecule has 1 aromatic heterocycles. The maximum atomic E-state index is 12.3. The van der Waals surface area contributed by atoms with Crippen LogP contribution in [0.25, 0.3) is 0 Å². The first kappa shape index (κ1) is 12.6. The molecule has 0 aromatic carbocycles. The van der Waals surface area contributed by atoms with Gasteiger partial charge in [-0.15, -0.1) is 0 Å². The predicted molar refractivity (Wildman–Crippen MR) is 47.8 cm³/mol. The SMILES string of the molecule is COc1nc(C(F)(F)F)c(Cl)cc1C(=O)O. The summed E-state index contributed by atoms with van der Waals surface area (Å²) in [7, 11) is 1.02. The van der Waals surface area contributed by atoms with Crippen LogP contribution >= 0.6 is 11.6 Å². The summed E-state index contributed by atoms with van der Waals surface area (Å²) in [6.45, 7) is 0. The van der Waals surface area contributed by atoms with Crippen molar-refractivity contribution >= 4 is 17.6 Å². The van der Waals surface area contributed by atoms with Crippen molar-refractivity contribution in [3.63, 3.8) is 0 Å². The van der Waals surface area contributed by atoms with Crippen molar-refractivity contribution in [3.8, 4) is 5.88 Å². The Balaban J connectivity index is 3.43. The summed E-state index contributed by atoms with van der Waals surface area (Å²) in [5, 5.41) is 7.87. The number of methoxy groups -OCH3 is 1. The Hall–Kier alpha value is -1.50. The van der Waals surface area contributed by atoms with Gasteiger partial charge in [0, 0.05) is 0 Å². The molecule has 0 saturated carbocycles. The number of carbonyl (C=O) groups is 1. The third kappa shape index (κ3) is 2.35. The lowest BCUT2D eigenvalue weighted by Crippen LogP contribution is -2.12. The summed E-state index contributed by atoms with van der Waals surface area (Å²) in [5.41, 5.74) is -1.91. The molecular weight excluding hydrogens is 251 g/mol. The minimum atomic E-state index is -4.76. The summed E-state index contributed by atoms with van der Waals surface area (Å²) in [4.78, 5) is 13.7. The Morgan fingerprint density at radius 2 is 2.12 bits per heavy atom. The van der Waals surface area contributed by atoms with E-state index in [4.69, 9.17) is 16.7 Å². The highest BCUT2D eigenvalue weighted by Crippen LogP contribution is 2.35. The lowest BCUT2D eigenvalue weighted by Gasteiger charge is -2.11. The minimum Gasteiger partial charge on any atom is -0.480 e. The highest BCUT2D eigenvalue weighted by atomic mass is 35.5. The zero-order valence-electron chi connectivity index (χ0n) is 7.80. The van der Waals surface area contributed by atoms with Crippen molar-refractivity contribution in [2.24, 2.45) is 0 Å². The van der Waals surface area contributed by atoms with Gasteiger partial charge >= 0.3 is 12.1 Å². The van der Waals surface area contributed by atoms with Crippen molar-refractivity contribution in [2.75, 3.05) is 7.11 Å². The quantitative estimate of drug-likeness (QED) is 0.882. The van der Waals surface area contributed by atoms with Crippen LogP contribution in [0.1, 0.15) is 16.1 Å². The van der Waals surface area contributed by atoms with Crippen LogP contribution in [-0.4, -0.2) is 23.2 Å². The van der Waals surface area contributed by atoms with Gasteiger partial charge in [0.2, 0.25) is 5.88 Å². The molecule has 88 valence electrons. The highest BCUT2D eigenvalue weighted by molar-refractivity contribution is 6.31. The number of carboxylic acids is 1. The van der Waals surface area contributed by atoms with Crippen molar-refractivity contribution in [2.45, 2.75) is 6.18 Å². The fraction of sp³-hybridized carbons (Fsp3) is 0.250. The molecule has 0 fully saturated rings. The maximum absolute atomic E-state index is 12.3. The highest BCUT2D eigenvalue weighted by Gasteiger charge is 2.37. The summed E-state index contributed by atoms with van der Waals surface area (Å²) in [6, 6.07) is 0.651. The fourth-order valence-electron chi connectivity index (χ4n) is 0.980. The van der Waals surface area contributed by atoms with Gasteiger partial charge in [0.25, 0.3) is 0 Å². The van der Waals surface area contributed by atoms with E-state index in [1.165, 1.54) is 0 Å². The molecule has 4 nitrogen and oxygen atoms in total. The van der Waals surface area contributed by atoms with E-state index in [-0.39, 0.29) is 0 Å². The molecule has 0 aliphatic heterocycles. The van der Waals surface area contributed by atoms with Crippen LogP contribution in [0.4, 0.5) is 13.2 Å². The van der Waals surface area contributed by atoms with E-state index < -0.39 is 34.3 Å². The number of aromatic nitrogens is 1. The fourth-order valence-corrected chi connectivity index (χ4v) is 1.24. The zero-order valence-corrected chi connectivity index (χ0v) is 8.56. The number of hydrogen-bond donors (Lipinski definition) is 1. The largest absolute Gasteiger partial charge is 0.480 e. The lowest BCUT2D eigenvalue weighted by molar-refractivity contribution is -0.141.